The molecule has 28 heavy (non-hydrogen) atoms. The minimum Gasteiger partial charge on any atom is -0.489 e. The van der Waals surface area contributed by atoms with Crippen LogP contribution in [0.15, 0.2) is 78.9 Å². The van der Waals surface area contributed by atoms with E-state index in [9.17, 15) is 14.0 Å². The highest BCUT2D eigenvalue weighted by Gasteiger charge is 2.10. The lowest BCUT2D eigenvalue weighted by Crippen LogP contribution is -2.13. The Labute approximate surface area is 163 Å². The summed E-state index contributed by atoms with van der Waals surface area (Å²) in [5.41, 5.74) is 2.10. The number of anilines is 1. The third kappa shape index (κ3) is 5.77. The topological polar surface area (TPSA) is 55.4 Å². The van der Waals surface area contributed by atoms with Gasteiger partial charge in [-0.15, -0.1) is 0 Å². The monoisotopic (exact) mass is 377 g/mol. The Balaban J connectivity index is 1.45. The van der Waals surface area contributed by atoms with E-state index < -0.39 is 5.82 Å². The molecule has 0 saturated carbocycles. The third-order valence-corrected chi connectivity index (χ3v) is 4.13. The van der Waals surface area contributed by atoms with Gasteiger partial charge in [0.25, 0.3) is 0 Å². The third-order valence-electron chi connectivity index (χ3n) is 4.13. The number of nitrogens with one attached hydrogen (secondary N) is 1. The molecule has 0 aromatic heterocycles. The lowest BCUT2D eigenvalue weighted by atomic mass is 10.1. The molecule has 0 radical (unpaired) electrons. The number of hydrogen-bond acceptors (Lipinski definition) is 3. The molecule has 0 unspecified atom stereocenters. The van der Waals surface area contributed by atoms with E-state index in [2.05, 4.69) is 5.32 Å². The predicted octanol–water partition coefficient (Wildman–Crippen LogP) is 5.01. The molecule has 0 heterocycles. The Hall–Kier alpha value is -3.47. The second-order valence-corrected chi connectivity index (χ2v) is 6.28. The van der Waals surface area contributed by atoms with E-state index in [0.717, 1.165) is 5.56 Å². The largest absolute Gasteiger partial charge is 0.489 e. The quantitative estimate of drug-likeness (QED) is 0.562. The highest BCUT2D eigenvalue weighted by molar-refractivity contribution is 5.99. The number of benzene rings is 3. The van der Waals surface area contributed by atoms with E-state index in [4.69, 9.17) is 4.74 Å². The smallest absolute Gasteiger partial charge is 0.224 e. The van der Waals surface area contributed by atoms with E-state index in [1.807, 2.05) is 30.3 Å². The van der Waals surface area contributed by atoms with Crippen LogP contribution in [0.1, 0.15) is 28.8 Å². The van der Waals surface area contributed by atoms with Gasteiger partial charge in [-0.2, -0.15) is 0 Å². The summed E-state index contributed by atoms with van der Waals surface area (Å²) in [4.78, 5) is 24.1. The predicted molar refractivity (Wildman–Crippen MR) is 106 cm³/mol. The molecular weight excluding hydrogens is 357 g/mol. The highest BCUT2D eigenvalue weighted by Crippen LogP contribution is 2.17. The van der Waals surface area contributed by atoms with E-state index in [1.54, 1.807) is 24.3 Å². The zero-order valence-corrected chi connectivity index (χ0v) is 15.2. The number of amides is 1. The number of carbonyl (C=O) groups is 2. The summed E-state index contributed by atoms with van der Waals surface area (Å²) in [5, 5.41) is 2.75. The van der Waals surface area contributed by atoms with Crippen LogP contribution in [0.25, 0.3) is 0 Å². The zero-order valence-electron chi connectivity index (χ0n) is 15.2. The second-order valence-electron chi connectivity index (χ2n) is 6.28. The summed E-state index contributed by atoms with van der Waals surface area (Å²) in [5.74, 6) is -0.146. The van der Waals surface area contributed by atoms with Crippen LogP contribution in [0.5, 0.6) is 5.75 Å². The summed E-state index contributed by atoms with van der Waals surface area (Å²) in [6.45, 7) is 0.470. The number of ether oxygens (including phenoxy) is 1. The molecule has 5 heteroatoms. The van der Waals surface area contributed by atoms with Crippen molar-refractivity contribution < 1.29 is 18.7 Å². The summed E-state index contributed by atoms with van der Waals surface area (Å²) in [6.07, 6.45) is 0.123. The Morgan fingerprint density at radius 1 is 0.821 bits per heavy atom. The van der Waals surface area contributed by atoms with Gasteiger partial charge >= 0.3 is 0 Å². The Morgan fingerprint density at radius 3 is 2.18 bits per heavy atom. The maximum atomic E-state index is 12.9. The van der Waals surface area contributed by atoms with Crippen molar-refractivity contribution in [3.63, 3.8) is 0 Å². The maximum absolute atomic E-state index is 12.9. The first-order valence-electron chi connectivity index (χ1n) is 8.95. The van der Waals surface area contributed by atoms with Gasteiger partial charge in [-0.05, 0) is 54.1 Å². The lowest BCUT2D eigenvalue weighted by Gasteiger charge is -2.08. The minimum atomic E-state index is -0.398. The van der Waals surface area contributed by atoms with Gasteiger partial charge in [-0.25, -0.2) is 4.39 Å². The molecule has 3 aromatic carbocycles. The van der Waals surface area contributed by atoms with Gasteiger partial charge in [-0.1, -0.05) is 30.3 Å². The van der Waals surface area contributed by atoms with Gasteiger partial charge in [0.15, 0.2) is 5.78 Å². The summed E-state index contributed by atoms with van der Waals surface area (Å²) < 4.78 is 18.6. The molecule has 1 N–H and O–H groups in total. The van der Waals surface area contributed by atoms with E-state index in [-0.39, 0.29) is 24.5 Å². The molecule has 0 aliphatic heterocycles. The van der Waals surface area contributed by atoms with E-state index in [0.29, 0.717) is 23.6 Å². The summed E-state index contributed by atoms with van der Waals surface area (Å²) >= 11 is 0. The van der Waals surface area contributed by atoms with Crippen molar-refractivity contribution in [2.24, 2.45) is 0 Å². The number of carbonyl (C=O) groups excluding carboxylic acids is 2. The van der Waals surface area contributed by atoms with Crippen molar-refractivity contribution in [1.29, 1.82) is 0 Å². The molecule has 4 nitrogen and oxygen atoms in total. The van der Waals surface area contributed by atoms with Gasteiger partial charge in [0.2, 0.25) is 5.91 Å². The van der Waals surface area contributed by atoms with Crippen LogP contribution in [0.4, 0.5) is 10.1 Å². The molecule has 3 rings (SSSR count). The van der Waals surface area contributed by atoms with Crippen molar-refractivity contribution >= 4 is 17.4 Å². The molecular formula is C23H20FNO3. The molecule has 0 saturated heterocycles. The molecule has 1 amide bonds. The maximum Gasteiger partial charge on any atom is 0.224 e. The SMILES string of the molecule is O=C(CCC(=O)c1ccc(F)cc1)Nc1ccc(OCc2ccccc2)cc1. The number of rotatable bonds is 8. The fraction of sp³-hybridized carbons (Fsp3) is 0.130. The van der Waals surface area contributed by atoms with Gasteiger partial charge in [0, 0.05) is 24.1 Å². The lowest BCUT2D eigenvalue weighted by molar-refractivity contribution is -0.116. The average molecular weight is 377 g/mol. The second kappa shape index (κ2) is 9.46. The fourth-order valence-corrected chi connectivity index (χ4v) is 2.61. The first kappa shape index (κ1) is 19.3. The standard InChI is InChI=1S/C23H20FNO3/c24-19-8-6-18(7-9-19)22(26)14-15-23(27)25-20-10-12-21(13-11-20)28-16-17-4-2-1-3-5-17/h1-13H,14-16H2,(H,25,27). The molecule has 0 atom stereocenters. The van der Waals surface area contributed by atoms with Gasteiger partial charge < -0.3 is 10.1 Å². The minimum absolute atomic E-state index is 0.0580. The first-order valence-corrected chi connectivity index (χ1v) is 8.95. The molecule has 3 aromatic rings. The summed E-state index contributed by atoms with van der Waals surface area (Å²) in [7, 11) is 0. The fourth-order valence-electron chi connectivity index (χ4n) is 2.61. The van der Waals surface area contributed by atoms with Crippen molar-refractivity contribution in [3.05, 3.63) is 95.8 Å². The Kier molecular flexibility index (Phi) is 6.52. The normalized spacial score (nSPS) is 10.3. The van der Waals surface area contributed by atoms with E-state index in [1.165, 1.54) is 24.3 Å². The van der Waals surface area contributed by atoms with Crippen LogP contribution in [-0.2, 0) is 11.4 Å². The van der Waals surface area contributed by atoms with Crippen molar-refractivity contribution in [1.82, 2.24) is 0 Å². The molecule has 0 fully saturated rings. The first-order chi connectivity index (χ1) is 13.6. The van der Waals surface area contributed by atoms with Crippen LogP contribution in [0.2, 0.25) is 0 Å². The number of Topliss-reactive ketones (excluding diaryl/α,β-unsaturated/α-hetero) is 1. The van der Waals surface area contributed by atoms with Gasteiger partial charge in [0.05, 0.1) is 0 Å². The average Bonchev–Trinajstić information content (AvgIpc) is 2.73. The van der Waals surface area contributed by atoms with Crippen LogP contribution >= 0.6 is 0 Å². The van der Waals surface area contributed by atoms with E-state index >= 15 is 0 Å². The molecule has 0 spiro atoms. The van der Waals surface area contributed by atoms with Crippen LogP contribution in [0.3, 0.4) is 0 Å². The van der Waals surface area contributed by atoms with Crippen molar-refractivity contribution in [2.75, 3.05) is 5.32 Å². The zero-order chi connectivity index (χ0) is 19.8. The number of halogens is 1. The molecule has 0 aliphatic carbocycles. The molecule has 0 bridgehead atoms. The number of ketones is 1. The molecule has 142 valence electrons. The van der Waals surface area contributed by atoms with Crippen LogP contribution in [-0.4, -0.2) is 11.7 Å². The van der Waals surface area contributed by atoms with Crippen molar-refractivity contribution in [2.45, 2.75) is 19.4 Å². The number of hydrogen-bond donors (Lipinski definition) is 1. The summed E-state index contributed by atoms with van der Waals surface area (Å²) in [6, 6.07) is 22.2. The van der Waals surface area contributed by atoms with Crippen LogP contribution < -0.4 is 10.1 Å². The van der Waals surface area contributed by atoms with Gasteiger partial charge in [-0.3, -0.25) is 9.59 Å². The molecule has 0 aliphatic rings. The van der Waals surface area contributed by atoms with Gasteiger partial charge in [0.1, 0.15) is 18.2 Å². The highest BCUT2D eigenvalue weighted by atomic mass is 19.1. The Bertz CT molecular complexity index is 922. The Morgan fingerprint density at radius 2 is 1.50 bits per heavy atom. The van der Waals surface area contributed by atoms with Crippen LogP contribution in [0, 0.1) is 5.82 Å². The van der Waals surface area contributed by atoms with Crippen molar-refractivity contribution in [3.8, 4) is 5.75 Å².